The molecule has 1 amide bonds. The van der Waals surface area contributed by atoms with Gasteiger partial charge in [0.05, 0.1) is 27.4 Å². The first-order chi connectivity index (χ1) is 13.0. The van der Waals surface area contributed by atoms with Crippen LogP contribution in [0.1, 0.15) is 12.0 Å². The largest absolute Gasteiger partial charge is 0.496 e. The van der Waals surface area contributed by atoms with Crippen molar-refractivity contribution >= 4 is 23.2 Å². The number of carbonyl (C=O) groups excluding carboxylic acids is 1. The quantitative estimate of drug-likeness (QED) is 0.792. The van der Waals surface area contributed by atoms with Gasteiger partial charge in [0, 0.05) is 28.8 Å². The number of rotatable bonds is 6. The average Bonchev–Trinajstić information content (AvgIpc) is 2.86. The van der Waals surface area contributed by atoms with Crippen LogP contribution in [0.25, 0.3) is 0 Å². The first-order valence-electron chi connectivity index (χ1n) is 8.88. The van der Waals surface area contributed by atoms with Crippen molar-refractivity contribution in [1.29, 1.82) is 0 Å². The van der Waals surface area contributed by atoms with E-state index < -0.39 is 0 Å². The maximum Gasteiger partial charge on any atom is 0.279 e. The molecular formula is C20H24ClN2O4+. The van der Waals surface area contributed by atoms with Gasteiger partial charge in [0.2, 0.25) is 0 Å². The van der Waals surface area contributed by atoms with Crippen LogP contribution >= 0.6 is 11.6 Å². The van der Waals surface area contributed by atoms with E-state index in [1.807, 2.05) is 31.3 Å². The molecule has 0 radical (unpaired) electrons. The molecule has 0 bridgehead atoms. The van der Waals surface area contributed by atoms with Gasteiger partial charge in [-0.15, -0.1) is 0 Å². The Bertz CT molecular complexity index is 813. The minimum atomic E-state index is -0.0806. The number of quaternary nitrogens is 1. The number of ether oxygens (including phenoxy) is 3. The number of fused-ring (bicyclic) bond motifs is 1. The Morgan fingerprint density at radius 2 is 1.96 bits per heavy atom. The van der Waals surface area contributed by atoms with Gasteiger partial charge in [-0.2, -0.15) is 0 Å². The Kier molecular flexibility index (Phi) is 6.42. The Balaban J connectivity index is 1.59. The van der Waals surface area contributed by atoms with Gasteiger partial charge < -0.3 is 24.4 Å². The van der Waals surface area contributed by atoms with Gasteiger partial charge >= 0.3 is 0 Å². The molecule has 6 nitrogen and oxygen atoms in total. The number of methoxy groups -OCH3 is 1. The Morgan fingerprint density at radius 3 is 2.74 bits per heavy atom. The lowest BCUT2D eigenvalue weighted by Crippen LogP contribution is -3.08. The summed E-state index contributed by atoms with van der Waals surface area (Å²) in [5.74, 6) is 2.06. The third kappa shape index (κ3) is 5.28. The molecule has 2 aromatic rings. The zero-order valence-corrected chi connectivity index (χ0v) is 16.3. The number of anilines is 1. The number of nitrogens with one attached hydrogen (secondary N) is 2. The first kappa shape index (κ1) is 19.3. The number of hydrogen-bond donors (Lipinski definition) is 2. The molecule has 7 heteroatoms. The van der Waals surface area contributed by atoms with Crippen molar-refractivity contribution in [2.24, 2.45) is 0 Å². The molecule has 3 rings (SSSR count). The van der Waals surface area contributed by atoms with E-state index >= 15 is 0 Å². The van der Waals surface area contributed by atoms with Crippen molar-refractivity contribution in [2.75, 3.05) is 39.2 Å². The van der Waals surface area contributed by atoms with E-state index in [9.17, 15) is 4.79 Å². The van der Waals surface area contributed by atoms with E-state index in [0.717, 1.165) is 22.6 Å². The molecule has 1 unspecified atom stereocenters. The summed E-state index contributed by atoms with van der Waals surface area (Å²) in [6, 6.07) is 10.9. The topological polar surface area (TPSA) is 61.2 Å². The van der Waals surface area contributed by atoms with Crippen molar-refractivity contribution in [1.82, 2.24) is 0 Å². The van der Waals surface area contributed by atoms with Crippen LogP contribution < -0.4 is 24.4 Å². The Morgan fingerprint density at radius 1 is 1.19 bits per heavy atom. The second-order valence-electron chi connectivity index (χ2n) is 6.53. The highest BCUT2D eigenvalue weighted by Crippen LogP contribution is 2.32. The zero-order valence-electron chi connectivity index (χ0n) is 15.5. The van der Waals surface area contributed by atoms with Gasteiger partial charge in [0.25, 0.3) is 5.91 Å². The lowest BCUT2D eigenvalue weighted by molar-refractivity contribution is -0.885. The molecule has 0 saturated carbocycles. The van der Waals surface area contributed by atoms with Crippen molar-refractivity contribution < 1.29 is 23.9 Å². The summed E-state index contributed by atoms with van der Waals surface area (Å²) >= 11 is 6.07. The van der Waals surface area contributed by atoms with Crippen LogP contribution in [0, 0.1) is 0 Å². The number of carbonyl (C=O) groups is 1. The van der Waals surface area contributed by atoms with Crippen molar-refractivity contribution in [3.05, 3.63) is 47.0 Å². The van der Waals surface area contributed by atoms with E-state index in [-0.39, 0.29) is 5.91 Å². The molecule has 0 saturated heterocycles. The number of amides is 1. The molecule has 1 aliphatic heterocycles. The second-order valence-corrected chi connectivity index (χ2v) is 6.96. The highest BCUT2D eigenvalue weighted by molar-refractivity contribution is 6.30. The second kappa shape index (κ2) is 8.97. The Hall–Kier alpha value is -2.44. The fraction of sp³-hybridized carbons (Fsp3) is 0.350. The van der Waals surface area contributed by atoms with Crippen molar-refractivity contribution in [3.8, 4) is 17.2 Å². The minimum absolute atomic E-state index is 0.0806. The van der Waals surface area contributed by atoms with Crippen LogP contribution in [-0.2, 0) is 11.3 Å². The maximum absolute atomic E-state index is 12.4. The molecule has 144 valence electrons. The molecule has 1 aliphatic rings. The van der Waals surface area contributed by atoms with Crippen LogP contribution in [0.2, 0.25) is 5.02 Å². The molecule has 1 atom stereocenters. The van der Waals surface area contributed by atoms with E-state index in [1.54, 1.807) is 19.2 Å². The van der Waals surface area contributed by atoms with Crippen LogP contribution in [0.15, 0.2) is 36.4 Å². The molecule has 2 aromatic carbocycles. The molecule has 0 aliphatic carbocycles. The fourth-order valence-electron chi connectivity index (χ4n) is 2.99. The molecular weight excluding hydrogens is 368 g/mol. The van der Waals surface area contributed by atoms with Gasteiger partial charge in [-0.1, -0.05) is 11.6 Å². The zero-order chi connectivity index (χ0) is 19.2. The predicted molar refractivity (Wildman–Crippen MR) is 104 cm³/mol. The van der Waals surface area contributed by atoms with Gasteiger partial charge in [-0.25, -0.2) is 0 Å². The third-order valence-corrected chi connectivity index (χ3v) is 4.46. The fourth-order valence-corrected chi connectivity index (χ4v) is 3.19. The first-order valence-corrected chi connectivity index (χ1v) is 9.26. The summed E-state index contributed by atoms with van der Waals surface area (Å²) in [6.07, 6.45) is 0.845. The maximum atomic E-state index is 12.4. The molecule has 2 N–H and O–H groups in total. The summed E-state index contributed by atoms with van der Waals surface area (Å²) < 4.78 is 16.6. The van der Waals surface area contributed by atoms with Crippen LogP contribution in [0.3, 0.4) is 0 Å². The summed E-state index contributed by atoms with van der Waals surface area (Å²) in [6.45, 7) is 2.18. The van der Waals surface area contributed by atoms with Crippen LogP contribution in [-0.4, -0.2) is 39.8 Å². The van der Waals surface area contributed by atoms with Gasteiger partial charge in [-0.05, 0) is 30.3 Å². The SMILES string of the molecule is COc1ccc(Cl)cc1C[NH+](C)CC(=O)Nc1ccc2c(c1)OCCCO2. The summed E-state index contributed by atoms with van der Waals surface area (Å²) in [5, 5.41) is 3.56. The van der Waals surface area contributed by atoms with E-state index in [4.69, 9.17) is 25.8 Å². The number of benzene rings is 2. The van der Waals surface area contributed by atoms with Gasteiger partial charge in [0.15, 0.2) is 18.0 Å². The highest BCUT2D eigenvalue weighted by atomic mass is 35.5. The van der Waals surface area contributed by atoms with Crippen LogP contribution in [0.5, 0.6) is 17.2 Å². The average molecular weight is 392 g/mol. The monoisotopic (exact) mass is 391 g/mol. The lowest BCUT2D eigenvalue weighted by atomic mass is 10.2. The van der Waals surface area contributed by atoms with Crippen molar-refractivity contribution in [2.45, 2.75) is 13.0 Å². The number of likely N-dealkylation sites (N-methyl/N-ethyl adjacent to an activating group) is 1. The van der Waals surface area contributed by atoms with Gasteiger partial charge in [-0.3, -0.25) is 4.79 Å². The summed E-state index contributed by atoms with van der Waals surface area (Å²) in [4.78, 5) is 13.4. The van der Waals surface area contributed by atoms with E-state index in [1.165, 1.54) is 0 Å². The minimum Gasteiger partial charge on any atom is -0.496 e. The number of hydrogen-bond acceptors (Lipinski definition) is 4. The molecule has 1 heterocycles. The van der Waals surface area contributed by atoms with Crippen LogP contribution in [0.4, 0.5) is 5.69 Å². The standard InChI is InChI=1S/C20H23ClN2O4/c1-23(12-14-10-15(21)4-6-17(14)25-2)13-20(24)22-16-5-7-18-19(11-16)27-9-3-8-26-18/h4-7,10-11H,3,8-9,12-13H2,1-2H3,(H,22,24)/p+1. The van der Waals surface area contributed by atoms with Gasteiger partial charge in [0.1, 0.15) is 12.3 Å². The normalized spacial score (nSPS) is 14.2. The molecule has 0 aromatic heterocycles. The molecule has 27 heavy (non-hydrogen) atoms. The highest BCUT2D eigenvalue weighted by Gasteiger charge is 2.16. The molecule has 0 fully saturated rings. The summed E-state index contributed by atoms with van der Waals surface area (Å²) in [7, 11) is 3.58. The molecule has 0 spiro atoms. The van der Waals surface area contributed by atoms with E-state index in [2.05, 4.69) is 5.32 Å². The Labute approximate surface area is 164 Å². The lowest BCUT2D eigenvalue weighted by Gasteiger charge is -2.16. The smallest absolute Gasteiger partial charge is 0.279 e. The van der Waals surface area contributed by atoms with Crippen molar-refractivity contribution in [3.63, 3.8) is 0 Å². The predicted octanol–water partition coefficient (Wildman–Crippen LogP) is 2.16. The number of halogens is 1. The third-order valence-electron chi connectivity index (χ3n) is 4.23. The summed E-state index contributed by atoms with van der Waals surface area (Å²) in [5.41, 5.74) is 1.66. The van der Waals surface area contributed by atoms with E-state index in [0.29, 0.717) is 48.5 Å².